The molecule has 29 heavy (non-hydrogen) atoms. The summed E-state index contributed by atoms with van der Waals surface area (Å²) in [7, 11) is 1.61. The number of rotatable bonds is 9. The van der Waals surface area contributed by atoms with Gasteiger partial charge in [-0.25, -0.2) is 4.79 Å². The Morgan fingerprint density at radius 3 is 2.45 bits per heavy atom. The second-order valence-corrected chi connectivity index (χ2v) is 7.97. The van der Waals surface area contributed by atoms with Crippen LogP contribution in [0, 0.1) is 0 Å². The Balaban J connectivity index is 2.05. The molecule has 0 atom stereocenters. The van der Waals surface area contributed by atoms with Gasteiger partial charge in [-0.1, -0.05) is 64.8 Å². The number of ether oxygens (including phenoxy) is 3. The zero-order valence-corrected chi connectivity index (χ0v) is 18.2. The van der Waals surface area contributed by atoms with Crippen LogP contribution in [0.4, 0.5) is 0 Å². The fraction of sp³-hybridized carbons (Fsp3) is 0.400. The summed E-state index contributed by atoms with van der Waals surface area (Å²) in [6, 6.07) is 13.2. The number of methoxy groups -OCH3 is 1. The third-order valence-corrected chi connectivity index (χ3v) is 4.51. The average Bonchev–Trinajstić information content (AvgIpc) is 2.69. The first-order valence-corrected chi connectivity index (χ1v) is 10.2. The van der Waals surface area contributed by atoms with Gasteiger partial charge in [-0.3, -0.25) is 0 Å². The molecule has 4 heteroatoms. The molecule has 0 aliphatic rings. The third-order valence-electron chi connectivity index (χ3n) is 4.51. The van der Waals surface area contributed by atoms with Crippen molar-refractivity contribution in [2.45, 2.75) is 52.4 Å². The Labute approximate surface area is 174 Å². The molecule has 0 unspecified atom stereocenters. The quantitative estimate of drug-likeness (QED) is 0.220. The minimum Gasteiger partial charge on any atom is -0.493 e. The fourth-order valence-corrected chi connectivity index (χ4v) is 2.92. The van der Waals surface area contributed by atoms with E-state index in [1.165, 1.54) is 6.08 Å². The molecule has 0 N–H and O–H groups in total. The smallest absolute Gasteiger partial charge is 0.336 e. The van der Waals surface area contributed by atoms with Crippen LogP contribution in [0.2, 0.25) is 0 Å². The molecule has 0 fully saturated rings. The van der Waals surface area contributed by atoms with Crippen LogP contribution in [-0.2, 0) is 10.2 Å². The summed E-state index contributed by atoms with van der Waals surface area (Å²) in [5, 5.41) is 0. The van der Waals surface area contributed by atoms with Crippen molar-refractivity contribution in [3.05, 3.63) is 59.7 Å². The highest BCUT2D eigenvalue weighted by Gasteiger charge is 2.19. The van der Waals surface area contributed by atoms with Gasteiger partial charge in [0, 0.05) is 11.6 Å². The van der Waals surface area contributed by atoms with E-state index in [-0.39, 0.29) is 5.41 Å². The van der Waals surface area contributed by atoms with Crippen molar-refractivity contribution in [3.8, 4) is 17.2 Å². The lowest BCUT2D eigenvalue weighted by atomic mass is 9.86. The third kappa shape index (κ3) is 6.97. The highest BCUT2D eigenvalue weighted by molar-refractivity contribution is 5.89. The van der Waals surface area contributed by atoms with E-state index in [0.29, 0.717) is 23.9 Å². The van der Waals surface area contributed by atoms with Crippen LogP contribution >= 0.6 is 0 Å². The summed E-state index contributed by atoms with van der Waals surface area (Å²) in [4.78, 5) is 12.3. The summed E-state index contributed by atoms with van der Waals surface area (Å²) >= 11 is 0. The number of esters is 1. The largest absolute Gasteiger partial charge is 0.493 e. The molecule has 0 saturated carbocycles. The van der Waals surface area contributed by atoms with Gasteiger partial charge in [0.15, 0.2) is 11.5 Å². The Kier molecular flexibility index (Phi) is 8.32. The second kappa shape index (κ2) is 10.7. The molecule has 2 aromatic carbocycles. The zero-order valence-electron chi connectivity index (χ0n) is 18.2. The highest BCUT2D eigenvalue weighted by atomic mass is 16.5. The topological polar surface area (TPSA) is 44.8 Å². The number of benzene rings is 2. The van der Waals surface area contributed by atoms with Crippen LogP contribution in [-0.4, -0.2) is 19.7 Å². The predicted octanol–water partition coefficient (Wildman–Crippen LogP) is 6.18. The van der Waals surface area contributed by atoms with Crippen LogP contribution in [0.15, 0.2) is 48.5 Å². The number of hydrogen-bond donors (Lipinski definition) is 0. The normalized spacial score (nSPS) is 11.5. The molecular formula is C25H32O4. The Hall–Kier alpha value is -2.75. The van der Waals surface area contributed by atoms with Gasteiger partial charge in [-0.05, 0) is 41.7 Å². The van der Waals surface area contributed by atoms with Crippen LogP contribution in [0.25, 0.3) is 6.08 Å². The number of carbonyl (C=O) groups excluding carboxylic acids is 1. The molecule has 0 saturated heterocycles. The van der Waals surface area contributed by atoms with Crippen molar-refractivity contribution in [3.63, 3.8) is 0 Å². The highest BCUT2D eigenvalue weighted by Crippen LogP contribution is 2.31. The van der Waals surface area contributed by atoms with Gasteiger partial charge in [-0.15, -0.1) is 0 Å². The molecule has 0 aromatic heterocycles. The van der Waals surface area contributed by atoms with E-state index < -0.39 is 5.97 Å². The van der Waals surface area contributed by atoms with E-state index in [1.807, 2.05) is 42.5 Å². The van der Waals surface area contributed by atoms with Gasteiger partial charge in [0.2, 0.25) is 0 Å². The zero-order chi connectivity index (χ0) is 21.3. The van der Waals surface area contributed by atoms with E-state index in [4.69, 9.17) is 14.2 Å². The maximum Gasteiger partial charge on any atom is 0.336 e. The molecule has 0 aliphatic heterocycles. The lowest BCUT2D eigenvalue weighted by Crippen LogP contribution is -2.15. The van der Waals surface area contributed by atoms with E-state index in [9.17, 15) is 4.79 Å². The average molecular weight is 397 g/mol. The van der Waals surface area contributed by atoms with Crippen LogP contribution in [0.1, 0.15) is 58.1 Å². The first-order chi connectivity index (χ1) is 13.8. The van der Waals surface area contributed by atoms with Crippen molar-refractivity contribution >= 4 is 12.0 Å². The van der Waals surface area contributed by atoms with Gasteiger partial charge in [0.05, 0.1) is 13.7 Å². The first-order valence-electron chi connectivity index (χ1n) is 10.2. The molecule has 0 amide bonds. The standard InChI is InChI=1S/C25H32O4/c1-6-7-10-17-28-22-15-13-19(18-23(22)27-5)14-16-24(26)29-21-12-9-8-11-20(21)25(2,3)4/h8-9,11-16,18H,6-7,10,17H2,1-5H3/b16-14+. The predicted molar refractivity (Wildman–Crippen MR) is 118 cm³/mol. The van der Waals surface area contributed by atoms with Crippen molar-refractivity contribution in [2.75, 3.05) is 13.7 Å². The summed E-state index contributed by atoms with van der Waals surface area (Å²) in [6.45, 7) is 9.10. The minimum atomic E-state index is -0.416. The maximum absolute atomic E-state index is 12.3. The van der Waals surface area contributed by atoms with Crippen molar-refractivity contribution in [1.29, 1.82) is 0 Å². The molecule has 156 valence electrons. The van der Waals surface area contributed by atoms with E-state index >= 15 is 0 Å². The summed E-state index contributed by atoms with van der Waals surface area (Å²) < 4.78 is 16.8. The van der Waals surface area contributed by atoms with Crippen LogP contribution in [0.3, 0.4) is 0 Å². The van der Waals surface area contributed by atoms with E-state index in [1.54, 1.807) is 13.2 Å². The van der Waals surface area contributed by atoms with Crippen LogP contribution < -0.4 is 14.2 Å². The van der Waals surface area contributed by atoms with Crippen molar-refractivity contribution in [1.82, 2.24) is 0 Å². The Morgan fingerprint density at radius 2 is 1.76 bits per heavy atom. The molecule has 0 aliphatic carbocycles. The molecule has 0 bridgehead atoms. The number of unbranched alkanes of at least 4 members (excludes halogenated alkanes) is 2. The van der Waals surface area contributed by atoms with E-state index in [0.717, 1.165) is 30.4 Å². The minimum absolute atomic E-state index is 0.110. The van der Waals surface area contributed by atoms with Crippen molar-refractivity contribution < 1.29 is 19.0 Å². The Bertz CT molecular complexity index is 831. The number of para-hydroxylation sites is 1. The second-order valence-electron chi connectivity index (χ2n) is 7.97. The summed E-state index contributed by atoms with van der Waals surface area (Å²) in [5.41, 5.74) is 1.72. The van der Waals surface area contributed by atoms with Gasteiger partial charge in [0.1, 0.15) is 5.75 Å². The lowest BCUT2D eigenvalue weighted by Gasteiger charge is -2.21. The molecule has 2 aromatic rings. The SMILES string of the molecule is CCCCCOc1ccc(/C=C/C(=O)Oc2ccccc2C(C)(C)C)cc1OC. The molecule has 2 rings (SSSR count). The number of carbonyl (C=O) groups is 1. The van der Waals surface area contributed by atoms with Gasteiger partial charge in [-0.2, -0.15) is 0 Å². The molecule has 4 nitrogen and oxygen atoms in total. The van der Waals surface area contributed by atoms with Crippen LogP contribution in [0.5, 0.6) is 17.2 Å². The molecular weight excluding hydrogens is 364 g/mol. The summed E-state index contributed by atoms with van der Waals surface area (Å²) in [5.74, 6) is 1.53. The van der Waals surface area contributed by atoms with Gasteiger partial charge in [0.25, 0.3) is 0 Å². The Morgan fingerprint density at radius 1 is 1.00 bits per heavy atom. The molecule has 0 heterocycles. The maximum atomic E-state index is 12.3. The van der Waals surface area contributed by atoms with Gasteiger partial charge >= 0.3 is 5.97 Å². The fourth-order valence-electron chi connectivity index (χ4n) is 2.92. The van der Waals surface area contributed by atoms with E-state index in [2.05, 4.69) is 27.7 Å². The lowest BCUT2D eigenvalue weighted by molar-refractivity contribution is -0.128. The monoisotopic (exact) mass is 396 g/mol. The summed E-state index contributed by atoms with van der Waals surface area (Å²) in [6.07, 6.45) is 6.45. The molecule has 0 radical (unpaired) electrons. The first kappa shape index (κ1) is 22.5. The van der Waals surface area contributed by atoms with Crippen molar-refractivity contribution in [2.24, 2.45) is 0 Å². The molecule has 0 spiro atoms. The van der Waals surface area contributed by atoms with Gasteiger partial charge < -0.3 is 14.2 Å². The number of hydrogen-bond acceptors (Lipinski definition) is 4.